The summed E-state index contributed by atoms with van der Waals surface area (Å²) in [4.78, 5) is 0. The van der Waals surface area contributed by atoms with Gasteiger partial charge in [-0.05, 0) is 237 Å². The highest BCUT2D eigenvalue weighted by Gasteiger charge is 2.32. The molecule has 0 N–H and O–H groups in total. The van der Waals surface area contributed by atoms with Crippen molar-refractivity contribution < 1.29 is 37.9 Å². The van der Waals surface area contributed by atoms with Crippen molar-refractivity contribution in [2.45, 2.75) is 155 Å². The number of hydrogen-bond acceptors (Lipinski definition) is 8. The van der Waals surface area contributed by atoms with Crippen molar-refractivity contribution in [1.29, 1.82) is 0 Å². The van der Waals surface area contributed by atoms with Crippen LogP contribution in [0.15, 0.2) is 133 Å². The summed E-state index contributed by atoms with van der Waals surface area (Å²) in [5, 5.41) is 33.3. The smallest absolute Gasteiger partial charge is 0.119 e. The molecule has 0 bridgehead atoms. The summed E-state index contributed by atoms with van der Waals surface area (Å²) < 4.78 is 45.8. The average molecular weight is 1340 g/mol. The first-order valence-corrected chi connectivity index (χ1v) is 38.6. The van der Waals surface area contributed by atoms with Crippen LogP contribution < -0.4 is 9.47 Å². The van der Waals surface area contributed by atoms with E-state index in [4.69, 9.17) is 37.9 Å². The lowest BCUT2D eigenvalue weighted by Gasteiger charge is -2.30. The van der Waals surface area contributed by atoms with Crippen molar-refractivity contribution in [1.82, 2.24) is 0 Å². The fourth-order valence-corrected chi connectivity index (χ4v) is 17.4. The molecule has 0 atom stereocenters. The van der Waals surface area contributed by atoms with Gasteiger partial charge in [0.1, 0.15) is 24.7 Å². The Morgan fingerprint density at radius 3 is 0.780 bits per heavy atom. The Kier molecular flexibility index (Phi) is 21.9. The topological polar surface area (TPSA) is 73.8 Å². The van der Waals surface area contributed by atoms with Gasteiger partial charge >= 0.3 is 0 Å². The second kappa shape index (κ2) is 32.1. The number of hydrogen-bond donors (Lipinski definition) is 0. The van der Waals surface area contributed by atoms with Crippen LogP contribution in [0.4, 0.5) is 0 Å². The molecule has 518 valence electrons. The lowest BCUT2D eigenvalue weighted by atomic mass is 9.72. The van der Waals surface area contributed by atoms with Crippen molar-refractivity contribution in [3.05, 3.63) is 145 Å². The predicted molar refractivity (Wildman–Crippen MR) is 424 cm³/mol. The van der Waals surface area contributed by atoms with Gasteiger partial charge in [-0.25, -0.2) is 0 Å². The van der Waals surface area contributed by atoms with Crippen molar-refractivity contribution in [3.63, 3.8) is 0 Å². The third kappa shape index (κ3) is 13.6. The van der Waals surface area contributed by atoms with Crippen molar-refractivity contribution in [2.24, 2.45) is 0 Å². The molecule has 0 aliphatic heterocycles. The van der Waals surface area contributed by atoms with E-state index >= 15 is 0 Å². The molecule has 0 aliphatic rings. The summed E-state index contributed by atoms with van der Waals surface area (Å²) in [6, 6.07) is 52.8. The van der Waals surface area contributed by atoms with Crippen LogP contribution in [0.3, 0.4) is 0 Å². The van der Waals surface area contributed by atoms with E-state index < -0.39 is 0 Å². The van der Waals surface area contributed by atoms with Gasteiger partial charge in [-0.1, -0.05) is 214 Å². The molecule has 100 heavy (non-hydrogen) atoms. The molecule has 0 heterocycles. The normalized spacial score (nSPS) is 12.6. The number of ether oxygens (including phenoxy) is 8. The zero-order valence-corrected chi connectivity index (χ0v) is 60.0. The van der Waals surface area contributed by atoms with Gasteiger partial charge in [-0.15, -0.1) is 0 Å². The van der Waals surface area contributed by atoms with Crippen LogP contribution in [-0.4, -0.2) is 93.5 Å². The van der Waals surface area contributed by atoms with Crippen LogP contribution in [0.2, 0.25) is 0 Å². The molecule has 0 amide bonds. The SMILES string of the molecule is CCCCCCCCCCCCc1cc2c3cccc4c5cc(-c6ccc(OCCOCCOCCOC)cc6)cc6c7cc(-c8ccc(OCCOCCOCCOC)cc8)cc8c9cccc%10c%11cc(CCCCCCCCCCCC)cc%12c(c1)c2c1c(c34)c(c56)c(c87)c(c%109)c1c%11%12. The molecule has 0 unspecified atom stereocenters. The predicted octanol–water partition coefficient (Wildman–Crippen LogP) is 24.5. The Bertz CT molecular complexity index is 4770. The molecule has 8 nitrogen and oxygen atoms in total. The molecule has 15 rings (SSSR count). The highest BCUT2D eigenvalue weighted by molar-refractivity contribution is 6.61. The van der Waals surface area contributed by atoms with E-state index in [2.05, 4.69) is 147 Å². The van der Waals surface area contributed by atoms with Crippen LogP contribution in [0.1, 0.15) is 153 Å². The molecular formula is C92H102O8. The van der Waals surface area contributed by atoms with Crippen LogP contribution in [0.25, 0.3) is 152 Å². The minimum Gasteiger partial charge on any atom is -0.491 e. The molecule has 15 aromatic rings. The average Bonchev–Trinajstić information content (AvgIpc) is 0.644. The molecule has 0 fully saturated rings. The second-order valence-electron chi connectivity index (χ2n) is 28.8. The van der Waals surface area contributed by atoms with Gasteiger partial charge in [0.05, 0.1) is 66.1 Å². The lowest BCUT2D eigenvalue weighted by Crippen LogP contribution is -2.12. The zero-order valence-electron chi connectivity index (χ0n) is 60.0. The Balaban J connectivity index is 0.899. The number of unbranched alkanes of at least 4 members (excludes halogenated alkanes) is 18. The number of benzene rings is 15. The molecule has 0 spiro atoms. The molecule has 0 saturated carbocycles. The third-order valence-corrected chi connectivity index (χ3v) is 22.2. The summed E-state index contributed by atoms with van der Waals surface area (Å²) >= 11 is 0. The van der Waals surface area contributed by atoms with Crippen molar-refractivity contribution in [3.8, 4) is 33.8 Å². The maximum absolute atomic E-state index is 6.30. The summed E-state index contributed by atoms with van der Waals surface area (Å²) in [5.74, 6) is 1.64. The zero-order chi connectivity index (χ0) is 67.7. The van der Waals surface area contributed by atoms with E-state index in [0.717, 1.165) is 35.5 Å². The number of rotatable bonds is 44. The molecular weight excluding hydrogens is 1230 g/mol. The van der Waals surface area contributed by atoms with E-state index in [9.17, 15) is 0 Å². The van der Waals surface area contributed by atoms with Crippen LogP contribution >= 0.6 is 0 Å². The first kappa shape index (κ1) is 68.1. The molecule has 15 aromatic carbocycles. The lowest BCUT2D eigenvalue weighted by molar-refractivity contribution is 0.0180. The summed E-state index contributed by atoms with van der Waals surface area (Å²) in [7, 11) is 3.37. The van der Waals surface area contributed by atoms with Crippen LogP contribution in [-0.2, 0) is 41.3 Å². The highest BCUT2D eigenvalue weighted by Crippen LogP contribution is 2.61. The van der Waals surface area contributed by atoms with Gasteiger partial charge in [0.25, 0.3) is 0 Å². The van der Waals surface area contributed by atoms with Gasteiger partial charge in [0, 0.05) is 14.2 Å². The quantitative estimate of drug-likeness (QED) is 0.0212. The van der Waals surface area contributed by atoms with E-state index in [0.29, 0.717) is 79.3 Å². The standard InChI is InChI=1S/C92H102O8/c1-5-7-9-11-13-15-17-19-21-23-27-61-53-73-69-29-25-31-71-77-57-65(63-33-37-67(38-34-63)99-51-49-97-47-45-95-43-41-93-3)59-79-80-60-66(64-35-39-68(40-36-64)100-52-50-98-48-46-96-44-42-94-4)58-78-72-32-26-30-70-74-54-62(28-24-22-20-18-16-14-12-10-8-6-2)56-76-75(55-61)83(73)89-87(81(69)71)91(85(77)79)92(86(78)80)88(82(70)72)90(89)84(74)76/h25-26,29-40,53-60H,5-24,27-28,41-52H2,1-4H3. The maximum Gasteiger partial charge on any atom is 0.119 e. The van der Waals surface area contributed by atoms with Gasteiger partial charge in [0.2, 0.25) is 0 Å². The van der Waals surface area contributed by atoms with Crippen LogP contribution in [0, 0.1) is 0 Å². The Morgan fingerprint density at radius 1 is 0.220 bits per heavy atom. The van der Waals surface area contributed by atoms with Crippen molar-refractivity contribution >= 4 is 129 Å². The second-order valence-corrected chi connectivity index (χ2v) is 28.8. The van der Waals surface area contributed by atoms with E-state index in [1.165, 1.54) is 280 Å². The van der Waals surface area contributed by atoms with Gasteiger partial charge in [-0.3, -0.25) is 0 Å². The van der Waals surface area contributed by atoms with Gasteiger partial charge in [-0.2, -0.15) is 0 Å². The Morgan fingerprint density at radius 2 is 0.470 bits per heavy atom. The molecule has 8 heteroatoms. The summed E-state index contributed by atoms with van der Waals surface area (Å²) in [6.45, 7) is 10.9. The highest BCUT2D eigenvalue weighted by atomic mass is 16.6. The molecule has 0 saturated heterocycles. The summed E-state index contributed by atoms with van der Waals surface area (Å²) in [5.41, 5.74) is 7.63. The van der Waals surface area contributed by atoms with E-state index in [1.54, 1.807) is 14.2 Å². The fraction of sp³-hybridized carbons (Fsp3) is 0.413. The van der Waals surface area contributed by atoms with Crippen molar-refractivity contribution in [2.75, 3.05) is 93.5 Å². The summed E-state index contributed by atoms with van der Waals surface area (Å²) in [6.07, 6.45) is 28.9. The first-order chi connectivity index (χ1) is 49.6. The van der Waals surface area contributed by atoms with Gasteiger partial charge in [0.15, 0.2) is 0 Å². The molecule has 0 radical (unpaired) electrons. The fourth-order valence-electron chi connectivity index (χ4n) is 17.4. The monoisotopic (exact) mass is 1330 g/mol. The van der Waals surface area contributed by atoms with E-state index in [-0.39, 0.29) is 0 Å². The van der Waals surface area contributed by atoms with Gasteiger partial charge < -0.3 is 37.9 Å². The number of methoxy groups -OCH3 is 2. The third-order valence-electron chi connectivity index (χ3n) is 22.2. The van der Waals surface area contributed by atoms with E-state index in [1.807, 2.05) is 0 Å². The molecule has 0 aliphatic carbocycles. The number of fused-ring (bicyclic) bond motifs is 6. The molecule has 0 aromatic heterocycles. The Labute approximate surface area is 590 Å². The van der Waals surface area contributed by atoms with Crippen LogP contribution in [0.5, 0.6) is 11.5 Å². The maximum atomic E-state index is 6.30. The number of aryl methyl sites for hydroxylation is 2. The minimum absolute atomic E-state index is 0.453. The largest absolute Gasteiger partial charge is 0.491 e. The Hall–Kier alpha value is -7.66. The minimum atomic E-state index is 0.453. The first-order valence-electron chi connectivity index (χ1n) is 38.6.